The normalized spacial score (nSPS) is 9.66. The van der Waals surface area contributed by atoms with Crippen molar-refractivity contribution >= 4 is 11.4 Å². The predicted molar refractivity (Wildman–Crippen MR) is 127 cm³/mol. The molecule has 0 unspecified atom stereocenters. The summed E-state index contributed by atoms with van der Waals surface area (Å²) in [5.41, 5.74) is 11.3. The number of halogens is 3. The van der Waals surface area contributed by atoms with Gasteiger partial charge in [0.25, 0.3) is 0 Å². The Morgan fingerprint density at radius 1 is 0.594 bits per heavy atom. The van der Waals surface area contributed by atoms with Gasteiger partial charge in [-0.1, -0.05) is 53.7 Å². The van der Waals surface area contributed by atoms with Gasteiger partial charge in [-0.15, -0.1) is 0 Å². The van der Waals surface area contributed by atoms with Crippen molar-refractivity contribution in [1.29, 1.82) is 0 Å². The van der Waals surface area contributed by atoms with Crippen molar-refractivity contribution in [1.82, 2.24) is 0 Å². The summed E-state index contributed by atoms with van der Waals surface area (Å²) < 4.78 is 50.8. The van der Waals surface area contributed by atoms with Crippen molar-refractivity contribution in [3.8, 4) is 23.0 Å². The quantitative estimate of drug-likeness (QED) is 0.391. The van der Waals surface area contributed by atoms with E-state index in [0.29, 0.717) is 17.1 Å². The van der Waals surface area contributed by atoms with Gasteiger partial charge in [0, 0.05) is 29.6 Å². The summed E-state index contributed by atoms with van der Waals surface area (Å²) in [6.07, 6.45) is -4.58. The minimum atomic E-state index is -4.58. The van der Waals surface area contributed by atoms with Gasteiger partial charge < -0.3 is 20.9 Å². The molecule has 0 spiro atoms. The molecule has 0 radical (unpaired) electrons. The van der Waals surface area contributed by atoms with Crippen LogP contribution in [0.15, 0.2) is 66.7 Å². The Kier molecular flexibility index (Phi) is 13.1. The highest BCUT2D eigenvalue weighted by Crippen LogP contribution is 2.41. The molecule has 0 saturated heterocycles. The molecule has 0 atom stereocenters. The molecular formula is C25H33F3N2O2. The number of ether oxygens (including phenoxy) is 2. The monoisotopic (exact) mass is 450 g/mol. The number of rotatable bonds is 4. The largest absolute Gasteiger partial charge is 0.457 e. The molecule has 3 aromatic carbocycles. The number of nitrogens with two attached hydrogens (primary N) is 2. The van der Waals surface area contributed by atoms with Gasteiger partial charge in [-0.3, -0.25) is 0 Å². The van der Waals surface area contributed by atoms with Crippen LogP contribution in [-0.4, -0.2) is 0 Å². The molecule has 0 aliphatic heterocycles. The highest BCUT2D eigenvalue weighted by atomic mass is 19.4. The zero-order chi connectivity index (χ0) is 24.7. The van der Waals surface area contributed by atoms with Crippen LogP contribution in [0.3, 0.4) is 0 Å². The van der Waals surface area contributed by atoms with E-state index < -0.39 is 11.7 Å². The van der Waals surface area contributed by atoms with Crippen LogP contribution in [0.25, 0.3) is 0 Å². The second-order valence-electron chi connectivity index (χ2n) is 5.50. The Labute approximate surface area is 189 Å². The lowest BCUT2D eigenvalue weighted by Crippen LogP contribution is -2.07. The molecule has 0 fully saturated rings. The van der Waals surface area contributed by atoms with Gasteiger partial charge in [0.2, 0.25) is 0 Å². The maximum absolute atomic E-state index is 13.3. The van der Waals surface area contributed by atoms with Crippen molar-refractivity contribution < 1.29 is 22.6 Å². The van der Waals surface area contributed by atoms with Gasteiger partial charge in [-0.05, 0) is 36.4 Å². The zero-order valence-electron chi connectivity index (χ0n) is 19.5. The van der Waals surface area contributed by atoms with E-state index in [9.17, 15) is 13.2 Å². The first-order valence-corrected chi connectivity index (χ1v) is 10.6. The lowest BCUT2D eigenvalue weighted by Gasteiger charge is -2.15. The standard InChI is InChI=1S/C19H15F3N2O2.3C2H6/c20-19(21,22)17-8-7-16(25-14-5-1-3-12(23)9-14)11-18(17)26-15-6-2-4-13(24)10-15;3*1-2/h1-11H,23-24H2;3*1-2H3. The molecule has 4 N–H and O–H groups in total. The third kappa shape index (κ3) is 9.20. The van der Waals surface area contributed by atoms with E-state index in [1.165, 1.54) is 24.3 Å². The summed E-state index contributed by atoms with van der Waals surface area (Å²) in [5.74, 6) is 0.392. The van der Waals surface area contributed by atoms with Crippen LogP contribution in [0, 0.1) is 0 Å². The van der Waals surface area contributed by atoms with Crippen LogP contribution in [0.5, 0.6) is 23.0 Å². The van der Waals surface area contributed by atoms with E-state index in [4.69, 9.17) is 20.9 Å². The van der Waals surface area contributed by atoms with Crippen LogP contribution in [0.1, 0.15) is 47.1 Å². The minimum Gasteiger partial charge on any atom is -0.457 e. The second kappa shape index (κ2) is 14.6. The molecule has 0 aliphatic rings. The second-order valence-corrected chi connectivity index (χ2v) is 5.50. The average Bonchev–Trinajstić information content (AvgIpc) is 2.77. The predicted octanol–water partition coefficient (Wildman–Crippen LogP) is 8.53. The summed E-state index contributed by atoms with van der Waals surface area (Å²) in [5, 5.41) is 0. The number of alkyl halides is 3. The van der Waals surface area contributed by atoms with Crippen molar-refractivity contribution in [3.05, 3.63) is 72.3 Å². The number of benzene rings is 3. The van der Waals surface area contributed by atoms with Crippen LogP contribution in [0.2, 0.25) is 0 Å². The third-order valence-electron chi connectivity index (χ3n) is 3.44. The van der Waals surface area contributed by atoms with E-state index in [2.05, 4.69) is 0 Å². The van der Waals surface area contributed by atoms with E-state index in [0.717, 1.165) is 6.07 Å². The van der Waals surface area contributed by atoms with Crippen molar-refractivity contribution in [2.45, 2.75) is 47.7 Å². The molecule has 0 saturated carbocycles. The molecule has 3 rings (SSSR count). The number of anilines is 2. The lowest BCUT2D eigenvalue weighted by molar-refractivity contribution is -0.138. The maximum Gasteiger partial charge on any atom is 0.419 e. The molecule has 4 nitrogen and oxygen atoms in total. The zero-order valence-corrected chi connectivity index (χ0v) is 19.5. The van der Waals surface area contributed by atoms with Crippen LogP contribution >= 0.6 is 0 Å². The summed E-state index contributed by atoms with van der Waals surface area (Å²) in [4.78, 5) is 0. The molecule has 0 bridgehead atoms. The first-order chi connectivity index (χ1) is 15.3. The van der Waals surface area contributed by atoms with Gasteiger partial charge in [-0.25, -0.2) is 0 Å². The summed E-state index contributed by atoms with van der Waals surface area (Å²) in [7, 11) is 0. The van der Waals surface area contributed by atoms with E-state index in [1.807, 2.05) is 41.5 Å². The molecule has 0 aromatic heterocycles. The topological polar surface area (TPSA) is 70.5 Å². The Morgan fingerprint density at radius 3 is 1.47 bits per heavy atom. The smallest absolute Gasteiger partial charge is 0.419 e. The molecule has 0 heterocycles. The molecular weight excluding hydrogens is 417 g/mol. The fraction of sp³-hybridized carbons (Fsp3) is 0.280. The van der Waals surface area contributed by atoms with Crippen molar-refractivity contribution in [3.63, 3.8) is 0 Å². The minimum absolute atomic E-state index is 0.183. The highest BCUT2D eigenvalue weighted by Gasteiger charge is 2.35. The van der Waals surface area contributed by atoms with Crippen LogP contribution in [-0.2, 0) is 6.18 Å². The van der Waals surface area contributed by atoms with E-state index >= 15 is 0 Å². The number of hydrogen-bond acceptors (Lipinski definition) is 4. The summed E-state index contributed by atoms with van der Waals surface area (Å²) >= 11 is 0. The SMILES string of the molecule is CC.CC.CC.Nc1cccc(Oc2ccc(C(F)(F)F)c(Oc3cccc(N)c3)c2)c1. The molecule has 176 valence electrons. The lowest BCUT2D eigenvalue weighted by atomic mass is 10.2. The molecule has 7 heteroatoms. The van der Waals surface area contributed by atoms with Gasteiger partial charge >= 0.3 is 6.18 Å². The Hall–Kier alpha value is -3.35. The fourth-order valence-corrected chi connectivity index (χ4v) is 2.30. The first kappa shape index (κ1) is 28.6. The van der Waals surface area contributed by atoms with E-state index in [-0.39, 0.29) is 17.2 Å². The van der Waals surface area contributed by atoms with Gasteiger partial charge in [0.1, 0.15) is 23.0 Å². The molecule has 32 heavy (non-hydrogen) atoms. The Balaban J connectivity index is 0.00000148. The molecule has 3 aromatic rings. The molecule has 0 amide bonds. The van der Waals surface area contributed by atoms with Crippen LogP contribution in [0.4, 0.5) is 24.5 Å². The van der Waals surface area contributed by atoms with Gasteiger partial charge in [0.15, 0.2) is 0 Å². The average molecular weight is 451 g/mol. The summed E-state index contributed by atoms with van der Waals surface area (Å²) in [6.45, 7) is 12.0. The summed E-state index contributed by atoms with van der Waals surface area (Å²) in [6, 6.07) is 16.0. The Bertz CT molecular complexity index is 929. The van der Waals surface area contributed by atoms with Crippen molar-refractivity contribution in [2.24, 2.45) is 0 Å². The van der Waals surface area contributed by atoms with Gasteiger partial charge in [-0.2, -0.15) is 13.2 Å². The van der Waals surface area contributed by atoms with Crippen LogP contribution < -0.4 is 20.9 Å². The maximum atomic E-state index is 13.3. The first-order valence-electron chi connectivity index (χ1n) is 10.6. The van der Waals surface area contributed by atoms with Crippen molar-refractivity contribution in [2.75, 3.05) is 11.5 Å². The van der Waals surface area contributed by atoms with E-state index in [1.54, 1.807) is 36.4 Å². The third-order valence-corrected chi connectivity index (χ3v) is 3.44. The fourth-order valence-electron chi connectivity index (χ4n) is 2.30. The number of hydrogen-bond donors (Lipinski definition) is 2. The molecule has 0 aliphatic carbocycles. The highest BCUT2D eigenvalue weighted by molar-refractivity contribution is 5.50. The van der Waals surface area contributed by atoms with Gasteiger partial charge in [0.05, 0.1) is 5.56 Å². The Morgan fingerprint density at radius 2 is 1.03 bits per heavy atom. The number of nitrogen functional groups attached to an aromatic ring is 2.